The van der Waals surface area contributed by atoms with Gasteiger partial charge in [-0.25, -0.2) is 4.98 Å². The number of aliphatic hydroxyl groups excluding tert-OH is 1. The van der Waals surface area contributed by atoms with Crippen LogP contribution < -0.4 is 4.72 Å². The number of aromatic nitrogens is 1. The van der Waals surface area contributed by atoms with Gasteiger partial charge >= 0.3 is 10.2 Å². The summed E-state index contributed by atoms with van der Waals surface area (Å²) in [6.07, 6.45) is 1.87. The summed E-state index contributed by atoms with van der Waals surface area (Å²) in [5.41, 5.74) is 0.644. The number of nitrogens with one attached hydrogen (secondary N) is 1. The third-order valence-electron chi connectivity index (χ3n) is 2.51. The normalized spacial score (nSPS) is 11.0. The molecule has 0 radical (unpaired) electrons. The molecule has 1 aromatic rings. The van der Waals surface area contributed by atoms with Crippen LogP contribution in [0.5, 0.6) is 0 Å². The molecule has 7 heteroatoms. The highest BCUT2D eigenvalue weighted by Crippen LogP contribution is 2.10. The molecule has 0 saturated heterocycles. The Labute approximate surface area is 120 Å². The molecule has 0 aliphatic heterocycles. The van der Waals surface area contributed by atoms with Crippen molar-refractivity contribution in [1.29, 1.82) is 0 Å². The predicted octanol–water partition coefficient (Wildman–Crippen LogP) is 0.814. The van der Waals surface area contributed by atoms with Crippen LogP contribution >= 0.6 is 0 Å². The van der Waals surface area contributed by atoms with Gasteiger partial charge in [-0.05, 0) is 12.1 Å². The maximum Gasteiger partial charge on any atom is 0.302 e. The fourth-order valence-corrected chi connectivity index (χ4v) is 2.73. The van der Waals surface area contributed by atoms with E-state index in [1.807, 2.05) is 0 Å². The summed E-state index contributed by atoms with van der Waals surface area (Å²) in [6.45, 7) is 4.32. The molecule has 6 nitrogen and oxygen atoms in total. The number of rotatable bonds is 6. The van der Waals surface area contributed by atoms with Crippen LogP contribution in [0.1, 0.15) is 25.8 Å². The fourth-order valence-electron chi connectivity index (χ4n) is 1.54. The molecule has 110 valence electrons. The Kier molecular flexibility index (Phi) is 6.45. The van der Waals surface area contributed by atoms with E-state index in [9.17, 15) is 8.42 Å². The van der Waals surface area contributed by atoms with E-state index in [2.05, 4.69) is 21.5 Å². The summed E-state index contributed by atoms with van der Waals surface area (Å²) in [6, 6.07) is 3.24. The molecule has 20 heavy (non-hydrogen) atoms. The molecular weight excluding hydrogens is 278 g/mol. The van der Waals surface area contributed by atoms with Gasteiger partial charge < -0.3 is 5.11 Å². The minimum atomic E-state index is -3.58. The molecule has 0 amide bonds. The topological polar surface area (TPSA) is 82.5 Å². The Balaban J connectivity index is 2.89. The summed E-state index contributed by atoms with van der Waals surface area (Å²) in [5, 5.41) is 8.66. The summed E-state index contributed by atoms with van der Waals surface area (Å²) in [4.78, 5) is 3.97. The van der Waals surface area contributed by atoms with Crippen LogP contribution in [0, 0.1) is 11.8 Å². The summed E-state index contributed by atoms with van der Waals surface area (Å²) in [7, 11) is -3.58. The Bertz CT molecular complexity index is 586. The second-order valence-electron chi connectivity index (χ2n) is 3.90. The first-order chi connectivity index (χ1) is 9.53. The molecule has 0 aliphatic carbocycles. The molecule has 0 spiro atoms. The van der Waals surface area contributed by atoms with Crippen LogP contribution in [0.25, 0.3) is 0 Å². The third kappa shape index (κ3) is 4.81. The molecule has 0 unspecified atom stereocenters. The van der Waals surface area contributed by atoms with E-state index in [4.69, 9.17) is 5.11 Å². The van der Waals surface area contributed by atoms with Crippen molar-refractivity contribution in [2.75, 3.05) is 24.4 Å². The average Bonchev–Trinajstić information content (AvgIpc) is 2.40. The lowest BCUT2D eigenvalue weighted by Crippen LogP contribution is -2.35. The van der Waals surface area contributed by atoms with Gasteiger partial charge in [-0.3, -0.25) is 4.72 Å². The highest BCUT2D eigenvalue weighted by atomic mass is 32.2. The molecule has 1 heterocycles. The van der Waals surface area contributed by atoms with Crippen molar-refractivity contribution >= 4 is 16.0 Å². The van der Waals surface area contributed by atoms with E-state index in [0.29, 0.717) is 25.1 Å². The molecular formula is C13H19N3O3S. The maximum absolute atomic E-state index is 12.0. The quantitative estimate of drug-likeness (QED) is 0.761. The van der Waals surface area contributed by atoms with Gasteiger partial charge in [-0.2, -0.15) is 12.7 Å². The van der Waals surface area contributed by atoms with Crippen molar-refractivity contribution in [3.8, 4) is 11.8 Å². The van der Waals surface area contributed by atoms with Crippen LogP contribution in [-0.4, -0.2) is 42.5 Å². The molecule has 0 aliphatic rings. The van der Waals surface area contributed by atoms with Crippen molar-refractivity contribution in [2.24, 2.45) is 0 Å². The number of anilines is 1. The predicted molar refractivity (Wildman–Crippen MR) is 78.3 cm³/mol. The number of aliphatic hydroxyl groups is 1. The van der Waals surface area contributed by atoms with E-state index in [0.717, 1.165) is 0 Å². The van der Waals surface area contributed by atoms with Crippen LogP contribution in [0.2, 0.25) is 0 Å². The molecule has 1 aromatic heterocycles. The Morgan fingerprint density at radius 2 is 2.10 bits per heavy atom. The van der Waals surface area contributed by atoms with Crippen molar-refractivity contribution in [1.82, 2.24) is 9.29 Å². The van der Waals surface area contributed by atoms with Crippen molar-refractivity contribution in [3.63, 3.8) is 0 Å². The highest BCUT2D eigenvalue weighted by Gasteiger charge is 2.18. The van der Waals surface area contributed by atoms with Gasteiger partial charge in [0.1, 0.15) is 5.82 Å². The van der Waals surface area contributed by atoms with E-state index in [1.165, 1.54) is 10.5 Å². The fraction of sp³-hybridized carbons (Fsp3) is 0.462. The smallest absolute Gasteiger partial charge is 0.302 e. The summed E-state index contributed by atoms with van der Waals surface area (Å²) >= 11 is 0. The summed E-state index contributed by atoms with van der Waals surface area (Å²) in [5.74, 6) is 5.83. The minimum Gasteiger partial charge on any atom is -0.395 e. The first-order valence-corrected chi connectivity index (χ1v) is 7.81. The zero-order valence-electron chi connectivity index (χ0n) is 11.6. The van der Waals surface area contributed by atoms with Gasteiger partial charge in [0, 0.05) is 31.3 Å². The zero-order chi connectivity index (χ0) is 15.0. The van der Waals surface area contributed by atoms with Gasteiger partial charge in [-0.15, -0.1) is 0 Å². The zero-order valence-corrected chi connectivity index (χ0v) is 12.4. The number of hydrogen-bond acceptors (Lipinski definition) is 4. The second-order valence-corrected chi connectivity index (χ2v) is 5.57. The third-order valence-corrected chi connectivity index (χ3v) is 4.17. The lowest BCUT2D eigenvalue weighted by Gasteiger charge is -2.18. The van der Waals surface area contributed by atoms with Crippen LogP contribution in [-0.2, 0) is 10.2 Å². The van der Waals surface area contributed by atoms with E-state index >= 15 is 0 Å². The van der Waals surface area contributed by atoms with Crippen molar-refractivity contribution in [3.05, 3.63) is 23.9 Å². The first kappa shape index (κ1) is 16.4. The maximum atomic E-state index is 12.0. The van der Waals surface area contributed by atoms with Crippen molar-refractivity contribution in [2.45, 2.75) is 20.3 Å². The van der Waals surface area contributed by atoms with Gasteiger partial charge in [-0.1, -0.05) is 25.7 Å². The lowest BCUT2D eigenvalue weighted by atomic mass is 10.2. The van der Waals surface area contributed by atoms with Crippen molar-refractivity contribution < 1.29 is 13.5 Å². The van der Waals surface area contributed by atoms with Gasteiger partial charge in [0.15, 0.2) is 0 Å². The van der Waals surface area contributed by atoms with Crippen LogP contribution in [0.4, 0.5) is 5.82 Å². The Morgan fingerprint density at radius 3 is 2.70 bits per heavy atom. The van der Waals surface area contributed by atoms with E-state index in [-0.39, 0.29) is 12.4 Å². The van der Waals surface area contributed by atoms with Gasteiger partial charge in [0.05, 0.1) is 6.61 Å². The molecule has 0 atom stereocenters. The van der Waals surface area contributed by atoms with E-state index < -0.39 is 10.2 Å². The van der Waals surface area contributed by atoms with Gasteiger partial charge in [0.25, 0.3) is 0 Å². The number of nitrogens with zero attached hydrogens (tertiary/aromatic N) is 2. The molecule has 0 aromatic carbocycles. The van der Waals surface area contributed by atoms with Crippen LogP contribution in [0.15, 0.2) is 18.3 Å². The molecule has 1 rings (SSSR count). The van der Waals surface area contributed by atoms with E-state index in [1.54, 1.807) is 26.0 Å². The minimum absolute atomic E-state index is 0.000466. The SMILES string of the molecule is CCN(CC)S(=O)(=O)Nc1cc(C#CCCO)ccn1. The molecule has 0 fully saturated rings. The second kappa shape index (κ2) is 7.85. The van der Waals surface area contributed by atoms with Gasteiger partial charge in [0.2, 0.25) is 0 Å². The number of hydrogen-bond donors (Lipinski definition) is 2. The lowest BCUT2D eigenvalue weighted by molar-refractivity contribution is 0.305. The highest BCUT2D eigenvalue weighted by molar-refractivity contribution is 7.90. The molecule has 2 N–H and O–H groups in total. The summed E-state index contributed by atoms with van der Waals surface area (Å²) < 4.78 is 27.8. The van der Waals surface area contributed by atoms with Crippen LogP contribution in [0.3, 0.4) is 0 Å². The Hall–Kier alpha value is -1.62. The Morgan fingerprint density at radius 1 is 1.40 bits per heavy atom. The largest absolute Gasteiger partial charge is 0.395 e. The average molecular weight is 297 g/mol. The molecule has 0 bridgehead atoms. The monoisotopic (exact) mass is 297 g/mol. The first-order valence-electron chi connectivity index (χ1n) is 6.37. The molecule has 0 saturated carbocycles. The standard InChI is InChI=1S/C13H19N3O3S/c1-3-16(4-2)20(18,19)15-13-11-12(8-9-14-13)7-5-6-10-17/h8-9,11,17H,3-4,6,10H2,1-2H3,(H,14,15). The number of pyridine rings is 1.